The minimum atomic E-state index is -1.05. The quantitative estimate of drug-likeness (QED) is 0.173. The smallest absolute Gasteiger partial charge is 0.455 e. The van der Waals surface area contributed by atoms with Gasteiger partial charge in [0.2, 0.25) is 11.8 Å². The molecule has 3 aromatic carbocycles. The summed E-state index contributed by atoms with van der Waals surface area (Å²) < 4.78 is 20.2. The van der Waals surface area contributed by atoms with Crippen LogP contribution in [0.4, 0.5) is 10.1 Å². The van der Waals surface area contributed by atoms with Crippen molar-refractivity contribution in [3.8, 4) is 5.75 Å². The molecule has 2 heterocycles. The van der Waals surface area contributed by atoms with Gasteiger partial charge in [-0.05, 0) is 85.0 Å². The highest BCUT2D eigenvalue weighted by Gasteiger charge is 2.57. The van der Waals surface area contributed by atoms with Gasteiger partial charge >= 0.3 is 7.12 Å². The Morgan fingerprint density at radius 2 is 1.73 bits per heavy atom. The molecule has 2 amide bonds. The molecule has 1 aliphatic carbocycles. The number of fused-ring (bicyclic) bond motifs is 3. The van der Waals surface area contributed by atoms with Crippen LogP contribution in [0.5, 0.6) is 5.75 Å². The van der Waals surface area contributed by atoms with Crippen LogP contribution < -0.4 is 4.90 Å². The van der Waals surface area contributed by atoms with Gasteiger partial charge in [-0.25, -0.2) is 4.39 Å². The molecule has 0 saturated carbocycles. The fourth-order valence-electron chi connectivity index (χ4n) is 6.80. The molecule has 3 aromatic rings. The highest BCUT2D eigenvalue weighted by molar-refractivity contribution is 6.43. The molecule has 6 rings (SSSR count). The Bertz CT molecular complexity index is 1540. The number of imide groups is 1. The second-order valence-electron chi connectivity index (χ2n) is 11.1. The highest BCUT2D eigenvalue weighted by atomic mass is 19.1. The van der Waals surface area contributed by atoms with Crippen LogP contribution in [-0.2, 0) is 14.2 Å². The molecular weight excluding hydrogens is 520 g/mol. The molecule has 4 atom stereocenters. The maximum absolute atomic E-state index is 14.1. The number of para-hydroxylation sites is 1. The Balaban J connectivity index is 1.29. The van der Waals surface area contributed by atoms with Crippen LogP contribution in [0.3, 0.4) is 0 Å². The van der Waals surface area contributed by atoms with Crippen molar-refractivity contribution in [2.45, 2.75) is 38.6 Å². The van der Waals surface area contributed by atoms with Gasteiger partial charge < -0.3 is 14.8 Å². The maximum atomic E-state index is 14.1. The average Bonchev–Trinajstić information content (AvgIpc) is 3.22. The van der Waals surface area contributed by atoms with Gasteiger partial charge in [0.05, 0.1) is 23.6 Å². The first-order valence-corrected chi connectivity index (χ1v) is 14.0. The Hall–Kier alpha value is -4.01. The van der Waals surface area contributed by atoms with Crippen molar-refractivity contribution in [2.24, 2.45) is 17.8 Å². The molecule has 208 valence electrons. The van der Waals surface area contributed by atoms with Crippen LogP contribution in [0, 0.1) is 23.6 Å². The number of carbonyl (C=O) groups is 2. The van der Waals surface area contributed by atoms with Crippen molar-refractivity contribution in [3.63, 3.8) is 0 Å². The summed E-state index contributed by atoms with van der Waals surface area (Å²) in [6.07, 6.45) is 3.30. The lowest BCUT2D eigenvalue weighted by molar-refractivity contribution is -0.122. The lowest BCUT2D eigenvalue weighted by atomic mass is 9.58. The number of halogens is 1. The first-order chi connectivity index (χ1) is 19.8. The fraction of sp³-hybridized carbons (Fsp3) is 0.273. The minimum absolute atomic E-state index is 0.183. The zero-order chi connectivity index (χ0) is 28.7. The fourth-order valence-corrected chi connectivity index (χ4v) is 6.80. The highest BCUT2D eigenvalue weighted by Crippen LogP contribution is 2.51. The summed E-state index contributed by atoms with van der Waals surface area (Å²) in [5, 5.41) is 20.4. The molecule has 0 aromatic heterocycles. The SMILES string of the molecule is CC1=C2[C@@H](CC/C(=C/c3ccc(O)c(F)c3)c3ccccc3)OB(O)C[C@@H]2[C@@H]2C(=O)N(c3ccccc3)C(=O)[C@@H]2C1. The summed E-state index contributed by atoms with van der Waals surface area (Å²) in [5.41, 5.74) is 5.16. The summed E-state index contributed by atoms with van der Waals surface area (Å²) in [6.45, 7) is 2.00. The predicted octanol–water partition coefficient (Wildman–Crippen LogP) is 5.87. The monoisotopic (exact) mass is 551 g/mol. The number of anilines is 1. The van der Waals surface area contributed by atoms with Gasteiger partial charge in [0.25, 0.3) is 0 Å². The van der Waals surface area contributed by atoms with E-state index in [-0.39, 0.29) is 24.1 Å². The number of benzene rings is 3. The van der Waals surface area contributed by atoms with E-state index in [2.05, 4.69) is 0 Å². The van der Waals surface area contributed by atoms with E-state index in [1.165, 1.54) is 17.0 Å². The van der Waals surface area contributed by atoms with Crippen molar-refractivity contribution in [3.05, 3.63) is 107 Å². The summed E-state index contributed by atoms with van der Waals surface area (Å²) in [5.74, 6) is -2.76. The van der Waals surface area contributed by atoms with Gasteiger partial charge in [0.1, 0.15) is 0 Å². The van der Waals surface area contributed by atoms with Gasteiger partial charge in [-0.15, -0.1) is 0 Å². The largest absolute Gasteiger partial charge is 0.505 e. The number of hydrogen-bond acceptors (Lipinski definition) is 5. The van der Waals surface area contributed by atoms with E-state index in [4.69, 9.17) is 4.65 Å². The van der Waals surface area contributed by atoms with Crippen LogP contribution in [0.15, 0.2) is 90.0 Å². The van der Waals surface area contributed by atoms with Crippen LogP contribution >= 0.6 is 0 Å². The second kappa shape index (κ2) is 11.1. The number of aromatic hydroxyl groups is 1. The van der Waals surface area contributed by atoms with E-state index in [0.717, 1.165) is 22.3 Å². The summed E-state index contributed by atoms with van der Waals surface area (Å²) in [6, 6.07) is 23.1. The lowest BCUT2D eigenvalue weighted by Crippen LogP contribution is -2.46. The summed E-state index contributed by atoms with van der Waals surface area (Å²) in [4.78, 5) is 28.5. The molecular formula is C33H31BFNO5. The number of hydrogen-bond donors (Lipinski definition) is 2. The zero-order valence-electron chi connectivity index (χ0n) is 22.7. The minimum Gasteiger partial charge on any atom is -0.505 e. The van der Waals surface area contributed by atoms with Crippen LogP contribution in [0.1, 0.15) is 37.3 Å². The van der Waals surface area contributed by atoms with E-state index in [9.17, 15) is 24.1 Å². The van der Waals surface area contributed by atoms with Crippen molar-refractivity contribution in [1.82, 2.24) is 0 Å². The summed E-state index contributed by atoms with van der Waals surface area (Å²) in [7, 11) is -1.05. The average molecular weight is 551 g/mol. The normalized spacial score (nSPS) is 24.5. The molecule has 2 aliphatic heterocycles. The lowest BCUT2D eigenvalue weighted by Gasteiger charge is -2.42. The molecule has 0 radical (unpaired) electrons. The number of phenolic OH excluding ortho intramolecular Hbond substituents is 1. The number of nitrogens with zero attached hydrogens (tertiary/aromatic N) is 1. The van der Waals surface area contributed by atoms with Crippen molar-refractivity contribution in [1.29, 1.82) is 0 Å². The molecule has 8 heteroatoms. The number of rotatable bonds is 6. The van der Waals surface area contributed by atoms with E-state index >= 15 is 0 Å². The molecule has 3 aliphatic rings. The Labute approximate surface area is 238 Å². The van der Waals surface area contributed by atoms with Gasteiger partial charge in [-0.2, -0.15) is 0 Å². The van der Waals surface area contributed by atoms with Crippen LogP contribution in [0.25, 0.3) is 11.6 Å². The predicted molar refractivity (Wildman–Crippen MR) is 156 cm³/mol. The third-order valence-electron chi connectivity index (χ3n) is 8.60. The standard InChI is InChI=1S/C33H31BFNO5/c1-20-16-25-31(33(39)36(32(25)38)24-10-6-3-7-11-24)26-19-34(40)41-29(30(20)26)15-13-23(22-8-4-2-5-9-22)17-21-12-14-28(37)27(35)18-21/h2-12,14,17-18,25-26,29,31,37,40H,13,15-16,19H2,1H3/b23-17-/t25-,26+,29-,31-/m1/s1. The molecule has 2 N–H and O–H groups in total. The number of amides is 2. The first kappa shape index (κ1) is 27.2. The first-order valence-electron chi connectivity index (χ1n) is 14.0. The molecule has 41 heavy (non-hydrogen) atoms. The molecule has 2 saturated heterocycles. The van der Waals surface area contributed by atoms with Gasteiger partial charge in [-0.1, -0.05) is 66.2 Å². The number of allylic oxidation sites excluding steroid dienone is 2. The third-order valence-corrected chi connectivity index (χ3v) is 8.60. The molecule has 0 bridgehead atoms. The zero-order valence-corrected chi connectivity index (χ0v) is 22.7. The topological polar surface area (TPSA) is 87.1 Å². The van der Waals surface area contributed by atoms with Gasteiger partial charge in [-0.3, -0.25) is 14.5 Å². The molecule has 2 fully saturated rings. The third kappa shape index (κ3) is 5.14. The Morgan fingerprint density at radius 3 is 2.44 bits per heavy atom. The van der Waals surface area contributed by atoms with Crippen molar-refractivity contribution in [2.75, 3.05) is 4.90 Å². The van der Waals surface area contributed by atoms with Crippen LogP contribution in [0.2, 0.25) is 6.32 Å². The van der Waals surface area contributed by atoms with E-state index < -0.39 is 36.6 Å². The van der Waals surface area contributed by atoms with Gasteiger partial charge in [0, 0.05) is 0 Å². The Morgan fingerprint density at radius 1 is 1.02 bits per heavy atom. The molecule has 0 spiro atoms. The van der Waals surface area contributed by atoms with Crippen molar-refractivity contribution >= 4 is 36.3 Å². The van der Waals surface area contributed by atoms with E-state index in [1.807, 2.05) is 61.5 Å². The van der Waals surface area contributed by atoms with Gasteiger partial charge in [0.15, 0.2) is 11.6 Å². The van der Waals surface area contributed by atoms with Crippen LogP contribution in [-0.4, -0.2) is 35.2 Å². The van der Waals surface area contributed by atoms with E-state index in [0.29, 0.717) is 30.5 Å². The molecule has 6 nitrogen and oxygen atoms in total. The molecule has 0 unspecified atom stereocenters. The number of carbonyl (C=O) groups excluding carboxylic acids is 2. The maximum Gasteiger partial charge on any atom is 0.455 e. The van der Waals surface area contributed by atoms with Crippen molar-refractivity contribution < 1.29 is 28.8 Å². The summed E-state index contributed by atoms with van der Waals surface area (Å²) >= 11 is 0. The number of phenols is 1. The second-order valence-corrected chi connectivity index (χ2v) is 11.1. The van der Waals surface area contributed by atoms with E-state index in [1.54, 1.807) is 18.2 Å². The Kier molecular flexibility index (Phi) is 7.36.